The number of carbonyl (C=O) groups is 1. The highest BCUT2D eigenvalue weighted by atomic mass is 16.5. The van der Waals surface area contributed by atoms with Crippen LogP contribution in [0.5, 0.6) is 5.75 Å². The first-order valence-corrected chi connectivity index (χ1v) is 6.57. The van der Waals surface area contributed by atoms with E-state index in [2.05, 4.69) is 0 Å². The van der Waals surface area contributed by atoms with Crippen LogP contribution in [0.3, 0.4) is 0 Å². The van der Waals surface area contributed by atoms with Gasteiger partial charge in [0.05, 0.1) is 7.11 Å². The Morgan fingerprint density at radius 1 is 1.20 bits per heavy atom. The maximum Gasteiger partial charge on any atom is 0.252 e. The maximum absolute atomic E-state index is 11.8. The van der Waals surface area contributed by atoms with E-state index < -0.39 is 6.61 Å². The second-order valence-electron chi connectivity index (χ2n) is 4.91. The van der Waals surface area contributed by atoms with Gasteiger partial charge in [-0.1, -0.05) is 12.1 Å². The van der Waals surface area contributed by atoms with E-state index in [0.29, 0.717) is 0 Å². The zero-order valence-corrected chi connectivity index (χ0v) is 12.0. The van der Waals surface area contributed by atoms with Crippen molar-refractivity contribution >= 4 is 22.4 Å². The van der Waals surface area contributed by atoms with E-state index in [1.165, 1.54) is 0 Å². The topological polar surface area (TPSA) is 49.8 Å². The molecule has 0 aliphatic heterocycles. The average molecular weight is 273 g/mol. The molecule has 0 aliphatic carbocycles. The van der Waals surface area contributed by atoms with Crippen LogP contribution >= 0.6 is 0 Å². The van der Waals surface area contributed by atoms with Gasteiger partial charge in [0.15, 0.2) is 0 Å². The fourth-order valence-electron chi connectivity index (χ4n) is 2.29. The lowest BCUT2D eigenvalue weighted by atomic mass is 10.1. The van der Waals surface area contributed by atoms with Crippen molar-refractivity contribution in [1.29, 1.82) is 0 Å². The van der Waals surface area contributed by atoms with Gasteiger partial charge in [0.25, 0.3) is 5.91 Å². The standard InChI is InChI=1S/C16H19NO3/c1-11(2)17(16(19)10-18)14-6-4-13-9-15(20-3)7-5-12(13)8-14/h4-9,11,18H,10H2,1-3H3. The van der Waals surface area contributed by atoms with Crippen LogP contribution in [0.2, 0.25) is 0 Å². The summed E-state index contributed by atoms with van der Waals surface area (Å²) in [5, 5.41) is 11.2. The van der Waals surface area contributed by atoms with Crippen molar-refractivity contribution in [2.24, 2.45) is 0 Å². The lowest BCUT2D eigenvalue weighted by Crippen LogP contribution is -2.38. The Hall–Kier alpha value is -2.07. The molecular weight excluding hydrogens is 254 g/mol. The molecule has 2 rings (SSSR count). The molecule has 20 heavy (non-hydrogen) atoms. The van der Waals surface area contributed by atoms with E-state index >= 15 is 0 Å². The minimum absolute atomic E-state index is 0.00894. The average Bonchev–Trinajstić information content (AvgIpc) is 2.46. The van der Waals surface area contributed by atoms with Gasteiger partial charge in [-0.3, -0.25) is 4.79 Å². The smallest absolute Gasteiger partial charge is 0.252 e. The minimum atomic E-state index is -0.487. The molecular formula is C16H19NO3. The summed E-state index contributed by atoms with van der Waals surface area (Å²) in [6.45, 7) is 3.36. The number of hydrogen-bond donors (Lipinski definition) is 1. The summed E-state index contributed by atoms with van der Waals surface area (Å²) >= 11 is 0. The molecule has 4 nitrogen and oxygen atoms in total. The Bertz CT molecular complexity index is 622. The van der Waals surface area contributed by atoms with Crippen molar-refractivity contribution in [3.8, 4) is 5.75 Å². The lowest BCUT2D eigenvalue weighted by molar-refractivity contribution is -0.121. The number of amides is 1. The van der Waals surface area contributed by atoms with Crippen molar-refractivity contribution in [2.75, 3.05) is 18.6 Å². The number of anilines is 1. The number of ether oxygens (including phenoxy) is 1. The Morgan fingerprint density at radius 3 is 2.45 bits per heavy atom. The molecule has 4 heteroatoms. The molecule has 0 heterocycles. The number of aliphatic hydroxyl groups excluding tert-OH is 1. The van der Waals surface area contributed by atoms with Crippen LogP contribution in [0.25, 0.3) is 10.8 Å². The largest absolute Gasteiger partial charge is 0.497 e. The second-order valence-corrected chi connectivity index (χ2v) is 4.91. The first-order chi connectivity index (χ1) is 9.56. The van der Waals surface area contributed by atoms with Crippen molar-refractivity contribution in [1.82, 2.24) is 0 Å². The van der Waals surface area contributed by atoms with Gasteiger partial charge < -0.3 is 14.7 Å². The van der Waals surface area contributed by atoms with Gasteiger partial charge in [0, 0.05) is 11.7 Å². The van der Waals surface area contributed by atoms with E-state index in [4.69, 9.17) is 9.84 Å². The molecule has 2 aromatic rings. The summed E-state index contributed by atoms with van der Waals surface area (Å²) in [6, 6.07) is 11.6. The summed E-state index contributed by atoms with van der Waals surface area (Å²) in [6.07, 6.45) is 0. The van der Waals surface area contributed by atoms with Crippen LogP contribution in [-0.4, -0.2) is 30.8 Å². The molecule has 0 spiro atoms. The van der Waals surface area contributed by atoms with Gasteiger partial charge in [0.2, 0.25) is 0 Å². The number of fused-ring (bicyclic) bond motifs is 1. The molecule has 106 valence electrons. The highest BCUT2D eigenvalue weighted by Crippen LogP contribution is 2.26. The quantitative estimate of drug-likeness (QED) is 0.931. The number of carbonyl (C=O) groups excluding carboxylic acids is 1. The molecule has 2 aromatic carbocycles. The molecule has 0 radical (unpaired) electrons. The van der Waals surface area contributed by atoms with Crippen LogP contribution in [-0.2, 0) is 4.79 Å². The zero-order valence-electron chi connectivity index (χ0n) is 12.0. The normalized spacial score (nSPS) is 10.8. The van der Waals surface area contributed by atoms with Gasteiger partial charge >= 0.3 is 0 Å². The predicted molar refractivity (Wildman–Crippen MR) is 80.2 cm³/mol. The molecule has 0 atom stereocenters. The Morgan fingerprint density at radius 2 is 1.85 bits per heavy atom. The maximum atomic E-state index is 11.8. The van der Waals surface area contributed by atoms with Crippen molar-refractivity contribution in [3.05, 3.63) is 36.4 Å². The van der Waals surface area contributed by atoms with Crippen LogP contribution in [0.4, 0.5) is 5.69 Å². The van der Waals surface area contributed by atoms with Crippen molar-refractivity contribution < 1.29 is 14.6 Å². The second kappa shape index (κ2) is 5.92. The van der Waals surface area contributed by atoms with Gasteiger partial charge in [0.1, 0.15) is 12.4 Å². The molecule has 1 N–H and O–H groups in total. The molecule has 1 amide bonds. The number of methoxy groups -OCH3 is 1. The Labute approximate surface area is 118 Å². The van der Waals surface area contributed by atoms with Gasteiger partial charge in [-0.05, 0) is 48.9 Å². The highest BCUT2D eigenvalue weighted by Gasteiger charge is 2.18. The molecule has 0 unspecified atom stereocenters. The molecule has 0 aliphatic rings. The SMILES string of the molecule is COc1ccc2cc(N(C(=O)CO)C(C)C)ccc2c1. The van der Waals surface area contributed by atoms with E-state index in [0.717, 1.165) is 22.2 Å². The molecule has 0 aromatic heterocycles. The number of nitrogens with zero attached hydrogens (tertiary/aromatic N) is 1. The van der Waals surface area contributed by atoms with Crippen molar-refractivity contribution in [3.63, 3.8) is 0 Å². The fourth-order valence-corrected chi connectivity index (χ4v) is 2.29. The van der Waals surface area contributed by atoms with E-state index in [9.17, 15) is 4.79 Å². The summed E-state index contributed by atoms with van der Waals surface area (Å²) in [5.41, 5.74) is 0.789. The van der Waals surface area contributed by atoms with Crippen LogP contribution in [0.15, 0.2) is 36.4 Å². The number of benzene rings is 2. The summed E-state index contributed by atoms with van der Waals surface area (Å²) in [7, 11) is 1.63. The minimum Gasteiger partial charge on any atom is -0.497 e. The van der Waals surface area contributed by atoms with E-state index in [1.807, 2.05) is 50.2 Å². The first kappa shape index (κ1) is 14.3. The third kappa shape index (κ3) is 2.75. The molecule has 0 fully saturated rings. The number of aliphatic hydroxyl groups is 1. The summed E-state index contributed by atoms with van der Waals surface area (Å²) in [5.74, 6) is 0.505. The van der Waals surface area contributed by atoms with Crippen molar-refractivity contribution in [2.45, 2.75) is 19.9 Å². The van der Waals surface area contributed by atoms with Crippen LogP contribution in [0.1, 0.15) is 13.8 Å². The van der Waals surface area contributed by atoms with Gasteiger partial charge in [-0.15, -0.1) is 0 Å². The monoisotopic (exact) mass is 273 g/mol. The van der Waals surface area contributed by atoms with Crippen LogP contribution in [0, 0.1) is 0 Å². The zero-order chi connectivity index (χ0) is 14.7. The Balaban J connectivity index is 2.47. The molecule has 0 saturated carbocycles. The number of hydrogen-bond acceptors (Lipinski definition) is 3. The third-order valence-corrected chi connectivity index (χ3v) is 3.23. The fraction of sp³-hybridized carbons (Fsp3) is 0.312. The van der Waals surface area contributed by atoms with Crippen LogP contribution < -0.4 is 9.64 Å². The number of rotatable bonds is 4. The highest BCUT2D eigenvalue weighted by molar-refractivity contribution is 5.97. The molecule has 0 bridgehead atoms. The summed E-state index contributed by atoms with van der Waals surface area (Å²) < 4.78 is 5.20. The predicted octanol–water partition coefficient (Wildman–Crippen LogP) is 2.58. The van der Waals surface area contributed by atoms with E-state index in [1.54, 1.807) is 12.0 Å². The third-order valence-electron chi connectivity index (χ3n) is 3.23. The van der Waals surface area contributed by atoms with Gasteiger partial charge in [-0.25, -0.2) is 0 Å². The molecule has 0 saturated heterocycles. The Kier molecular flexibility index (Phi) is 4.25. The van der Waals surface area contributed by atoms with E-state index in [-0.39, 0.29) is 11.9 Å². The van der Waals surface area contributed by atoms with Gasteiger partial charge in [-0.2, -0.15) is 0 Å². The lowest BCUT2D eigenvalue weighted by Gasteiger charge is -2.26. The first-order valence-electron chi connectivity index (χ1n) is 6.57. The summed E-state index contributed by atoms with van der Waals surface area (Å²) in [4.78, 5) is 13.4.